The first-order valence-electron chi connectivity index (χ1n) is 13.4. The van der Waals surface area contributed by atoms with Gasteiger partial charge in [-0.2, -0.15) is 0 Å². The number of methoxy groups -OCH3 is 1. The molecule has 4 aromatic rings. The third-order valence-electron chi connectivity index (χ3n) is 6.90. The molecule has 4 rings (SSSR count). The predicted molar refractivity (Wildman–Crippen MR) is 161 cm³/mol. The normalized spacial score (nSPS) is 12.9. The highest BCUT2D eigenvalue weighted by Gasteiger charge is 2.27. The molecule has 2 atom stereocenters. The molecule has 0 aliphatic rings. The monoisotopic (exact) mass is 550 g/mol. The smallest absolute Gasteiger partial charge is 0.193 e. The quantitative estimate of drug-likeness (QED) is 0.113. The molecule has 0 aromatic heterocycles. The summed E-state index contributed by atoms with van der Waals surface area (Å²) in [5.41, 5.74) is 2.76. The van der Waals surface area contributed by atoms with Gasteiger partial charge in [-0.05, 0) is 54.2 Å². The Labute approximate surface area is 240 Å². The molecule has 0 aliphatic carbocycles. The minimum Gasteiger partial charge on any atom is -0.508 e. The van der Waals surface area contributed by atoms with Crippen LogP contribution in [-0.4, -0.2) is 39.4 Å². The summed E-state index contributed by atoms with van der Waals surface area (Å²) in [6.45, 7) is 0. The number of ether oxygens (including phenoxy) is 1. The molecule has 0 radical (unpaired) electrons. The summed E-state index contributed by atoms with van der Waals surface area (Å²) in [7, 11) is 1.37. The topological polar surface area (TPSA) is 107 Å². The summed E-state index contributed by atoms with van der Waals surface area (Å²) < 4.78 is 5.36. The van der Waals surface area contributed by atoms with Crippen molar-refractivity contribution < 1.29 is 30.0 Å². The summed E-state index contributed by atoms with van der Waals surface area (Å²) in [4.78, 5) is 13.3. The predicted octanol–water partition coefficient (Wildman–Crippen LogP) is 6.89. The highest BCUT2D eigenvalue weighted by atomic mass is 16.5. The van der Waals surface area contributed by atoms with Gasteiger partial charge in [0.2, 0.25) is 0 Å². The number of hydrogen-bond acceptors (Lipinski definition) is 6. The fraction of sp³-hybridized carbons (Fsp3) is 0.171. The first-order valence-corrected chi connectivity index (χ1v) is 13.4. The fourth-order valence-corrected chi connectivity index (χ4v) is 4.72. The Morgan fingerprint density at radius 1 is 0.854 bits per heavy atom. The van der Waals surface area contributed by atoms with Crippen molar-refractivity contribution in [3.05, 3.63) is 131 Å². The van der Waals surface area contributed by atoms with Crippen molar-refractivity contribution in [1.82, 2.24) is 0 Å². The van der Waals surface area contributed by atoms with E-state index in [1.807, 2.05) is 72.8 Å². The van der Waals surface area contributed by atoms with Gasteiger partial charge in [0, 0.05) is 17.5 Å². The van der Waals surface area contributed by atoms with E-state index in [0.29, 0.717) is 12.8 Å². The molecule has 41 heavy (non-hydrogen) atoms. The van der Waals surface area contributed by atoms with E-state index in [1.54, 1.807) is 30.3 Å². The van der Waals surface area contributed by atoms with Gasteiger partial charge in [-0.15, -0.1) is 0 Å². The van der Waals surface area contributed by atoms with Gasteiger partial charge < -0.3 is 25.2 Å². The van der Waals surface area contributed by atoms with Crippen LogP contribution in [0.4, 0.5) is 0 Å². The average molecular weight is 551 g/mol. The van der Waals surface area contributed by atoms with Crippen LogP contribution in [0, 0.1) is 0 Å². The van der Waals surface area contributed by atoms with E-state index in [1.165, 1.54) is 19.3 Å². The highest BCUT2D eigenvalue weighted by molar-refractivity contribution is 6.11. The van der Waals surface area contributed by atoms with E-state index >= 15 is 0 Å². The number of carbonyl (C=O) groups excluding carboxylic acids is 1. The van der Waals surface area contributed by atoms with Crippen LogP contribution in [-0.2, 0) is 6.42 Å². The molecule has 6 nitrogen and oxygen atoms in total. The molecule has 0 unspecified atom stereocenters. The molecule has 210 valence electrons. The number of allylic oxidation sites excluding steroid dienone is 2. The van der Waals surface area contributed by atoms with Crippen molar-refractivity contribution in [2.24, 2.45) is 0 Å². The lowest BCUT2D eigenvalue weighted by Gasteiger charge is -2.22. The average Bonchev–Trinajstić information content (AvgIpc) is 2.99. The molecule has 0 bridgehead atoms. The van der Waals surface area contributed by atoms with Crippen molar-refractivity contribution in [2.45, 2.75) is 31.3 Å². The van der Waals surface area contributed by atoms with Gasteiger partial charge in [-0.3, -0.25) is 4.79 Å². The minimum absolute atomic E-state index is 0.0464. The molecule has 4 aromatic carbocycles. The van der Waals surface area contributed by atoms with Crippen LogP contribution in [0.5, 0.6) is 23.0 Å². The number of aromatic hydroxyl groups is 3. The Kier molecular flexibility index (Phi) is 9.97. The molecule has 0 spiro atoms. The number of carbonyl (C=O) groups is 1. The zero-order valence-corrected chi connectivity index (χ0v) is 22.9. The Hall–Kier alpha value is -4.81. The number of aliphatic hydroxyl groups excluding tert-OH is 1. The highest BCUT2D eigenvalue weighted by Crippen LogP contribution is 2.44. The molecule has 0 saturated carbocycles. The molecule has 0 aliphatic heterocycles. The van der Waals surface area contributed by atoms with Crippen molar-refractivity contribution in [1.29, 1.82) is 0 Å². The zero-order chi connectivity index (χ0) is 29.2. The van der Waals surface area contributed by atoms with Gasteiger partial charge in [0.1, 0.15) is 28.6 Å². The van der Waals surface area contributed by atoms with E-state index < -0.39 is 23.6 Å². The number of benzene rings is 4. The van der Waals surface area contributed by atoms with Gasteiger partial charge in [0.15, 0.2) is 5.78 Å². The summed E-state index contributed by atoms with van der Waals surface area (Å²) in [6, 6.07) is 27.0. The number of aliphatic hydroxyl groups is 1. The summed E-state index contributed by atoms with van der Waals surface area (Å²) in [5.74, 6) is -1.52. The van der Waals surface area contributed by atoms with E-state index in [4.69, 9.17) is 4.74 Å². The van der Waals surface area contributed by atoms with Gasteiger partial charge in [-0.25, -0.2) is 0 Å². The van der Waals surface area contributed by atoms with Crippen LogP contribution >= 0.6 is 0 Å². The van der Waals surface area contributed by atoms with Crippen LogP contribution < -0.4 is 4.74 Å². The maximum absolute atomic E-state index is 13.3. The maximum atomic E-state index is 13.3. The van der Waals surface area contributed by atoms with Crippen molar-refractivity contribution in [2.75, 3.05) is 7.11 Å². The summed E-state index contributed by atoms with van der Waals surface area (Å²) in [5, 5.41) is 43.0. The largest absolute Gasteiger partial charge is 0.508 e. The number of aryl methyl sites for hydroxylation is 1. The first kappa shape index (κ1) is 29.2. The Bertz CT molecular complexity index is 1490. The second-order valence-corrected chi connectivity index (χ2v) is 9.81. The van der Waals surface area contributed by atoms with Crippen LogP contribution in [0.15, 0.2) is 103 Å². The molecule has 0 fully saturated rings. The van der Waals surface area contributed by atoms with Crippen molar-refractivity contribution in [3.63, 3.8) is 0 Å². The standard InChI is InChI=1S/C35H34O6/c1-41-32-23-31(39)33(35(40)34(32)30(38)21-16-25-10-6-3-7-11-25)27(17-12-24-8-4-2-5-9-24)22-29(37)20-15-26-13-18-28(36)19-14-26/h2-14,16-19,21,23,27,29,36-37,39-40H,15,20,22H2,1H3/b17-12+,21-16+/t27-,29-/m1/s1. The van der Waals surface area contributed by atoms with Crippen molar-refractivity contribution >= 4 is 17.9 Å². The maximum Gasteiger partial charge on any atom is 0.193 e. The summed E-state index contributed by atoms with van der Waals surface area (Å²) >= 11 is 0. The zero-order valence-electron chi connectivity index (χ0n) is 22.9. The van der Waals surface area contributed by atoms with Crippen LogP contribution in [0.25, 0.3) is 12.2 Å². The lowest BCUT2D eigenvalue weighted by Crippen LogP contribution is -2.14. The second kappa shape index (κ2) is 14.0. The molecule has 6 heteroatoms. The number of hydrogen-bond donors (Lipinski definition) is 4. The SMILES string of the molecule is COc1cc(O)c([C@H](/C=C/c2ccccc2)C[C@H](O)CCc2ccc(O)cc2)c(O)c1C(=O)/C=C/c1ccccc1. The molecule has 0 saturated heterocycles. The van der Waals surface area contributed by atoms with Crippen molar-refractivity contribution in [3.8, 4) is 23.0 Å². The number of phenolic OH excluding ortho intramolecular Hbond substituents is 3. The van der Waals surface area contributed by atoms with E-state index in [2.05, 4.69) is 0 Å². The van der Waals surface area contributed by atoms with Crippen LogP contribution in [0.1, 0.15) is 51.4 Å². The van der Waals surface area contributed by atoms with Gasteiger partial charge in [-0.1, -0.05) is 91.0 Å². The number of rotatable bonds is 12. The van der Waals surface area contributed by atoms with E-state index in [-0.39, 0.29) is 34.8 Å². The second-order valence-electron chi connectivity index (χ2n) is 9.81. The Morgan fingerprint density at radius 2 is 1.46 bits per heavy atom. The lowest BCUT2D eigenvalue weighted by atomic mass is 9.87. The van der Waals surface area contributed by atoms with Crippen LogP contribution in [0.2, 0.25) is 0 Å². The van der Waals surface area contributed by atoms with Gasteiger partial charge in [0.25, 0.3) is 0 Å². The number of phenols is 3. The molecule has 0 amide bonds. The minimum atomic E-state index is -0.785. The lowest BCUT2D eigenvalue weighted by molar-refractivity contribution is 0.104. The van der Waals surface area contributed by atoms with E-state index in [0.717, 1.165) is 16.7 Å². The van der Waals surface area contributed by atoms with Gasteiger partial charge >= 0.3 is 0 Å². The third kappa shape index (κ3) is 7.87. The summed E-state index contributed by atoms with van der Waals surface area (Å²) in [6.07, 6.45) is 7.07. The molecular formula is C35H34O6. The Morgan fingerprint density at radius 3 is 2.07 bits per heavy atom. The number of ketones is 1. The molecular weight excluding hydrogens is 516 g/mol. The van der Waals surface area contributed by atoms with Gasteiger partial charge in [0.05, 0.1) is 13.2 Å². The third-order valence-corrected chi connectivity index (χ3v) is 6.90. The van der Waals surface area contributed by atoms with E-state index in [9.17, 15) is 25.2 Å². The Balaban J connectivity index is 1.67. The fourth-order valence-electron chi connectivity index (χ4n) is 4.72. The molecule has 0 heterocycles. The van der Waals surface area contributed by atoms with Crippen LogP contribution in [0.3, 0.4) is 0 Å². The first-order chi connectivity index (χ1) is 19.9. The molecule has 4 N–H and O–H groups in total.